The second kappa shape index (κ2) is 6.35. The zero-order valence-corrected chi connectivity index (χ0v) is 12.3. The van der Waals surface area contributed by atoms with Crippen molar-refractivity contribution in [3.8, 4) is 0 Å². The van der Waals surface area contributed by atoms with Gasteiger partial charge in [-0.1, -0.05) is 12.2 Å². The number of allylic oxidation sites excluding steroid dienone is 1. The van der Waals surface area contributed by atoms with Gasteiger partial charge in [-0.25, -0.2) is 4.98 Å². The summed E-state index contributed by atoms with van der Waals surface area (Å²) in [7, 11) is 0. The number of nitrogens with one attached hydrogen (secondary N) is 1. The molecule has 0 aliphatic carbocycles. The van der Waals surface area contributed by atoms with Crippen molar-refractivity contribution in [3.63, 3.8) is 0 Å². The average molecular weight is 343 g/mol. The van der Waals surface area contributed by atoms with E-state index in [0.29, 0.717) is 0 Å². The molecule has 1 fully saturated rings. The molecule has 92 valence electrons. The summed E-state index contributed by atoms with van der Waals surface area (Å²) in [6, 6.07) is 2.24. The highest BCUT2D eigenvalue weighted by molar-refractivity contribution is 14.1. The van der Waals surface area contributed by atoms with Gasteiger partial charge in [-0.05, 0) is 48.5 Å². The molecule has 2 heterocycles. The Morgan fingerprint density at radius 1 is 1.41 bits per heavy atom. The minimum atomic E-state index is 1.06. The van der Waals surface area contributed by atoms with E-state index in [1.165, 1.54) is 17.7 Å². The molecule has 1 aromatic heterocycles. The van der Waals surface area contributed by atoms with Gasteiger partial charge in [0, 0.05) is 25.2 Å². The van der Waals surface area contributed by atoms with Crippen LogP contribution in [0, 0.1) is 3.70 Å². The molecule has 4 heteroatoms. The van der Waals surface area contributed by atoms with Crippen molar-refractivity contribution in [2.75, 3.05) is 31.1 Å². The van der Waals surface area contributed by atoms with Gasteiger partial charge in [0.25, 0.3) is 0 Å². The Morgan fingerprint density at radius 2 is 2.29 bits per heavy atom. The molecule has 1 aliphatic rings. The van der Waals surface area contributed by atoms with Crippen LogP contribution in [0.5, 0.6) is 0 Å². The van der Waals surface area contributed by atoms with Gasteiger partial charge in [0.1, 0.15) is 3.70 Å². The van der Waals surface area contributed by atoms with Crippen LogP contribution in [-0.4, -0.2) is 31.2 Å². The van der Waals surface area contributed by atoms with E-state index in [0.717, 1.165) is 29.9 Å². The van der Waals surface area contributed by atoms with Crippen LogP contribution < -0.4 is 10.2 Å². The highest BCUT2D eigenvalue weighted by Crippen LogP contribution is 2.20. The number of hydrogen-bond acceptors (Lipinski definition) is 3. The molecular formula is C13H18IN3. The van der Waals surface area contributed by atoms with E-state index in [1.807, 2.05) is 13.1 Å². The van der Waals surface area contributed by atoms with Crippen molar-refractivity contribution in [2.45, 2.75) is 13.3 Å². The Hall–Kier alpha value is -0.620. The first-order valence-electron chi connectivity index (χ1n) is 6.05. The van der Waals surface area contributed by atoms with Gasteiger partial charge in [-0.15, -0.1) is 0 Å². The second-order valence-corrected chi connectivity index (χ2v) is 5.19. The molecule has 1 N–H and O–H groups in total. The van der Waals surface area contributed by atoms with Crippen molar-refractivity contribution >= 4 is 34.4 Å². The molecule has 17 heavy (non-hydrogen) atoms. The first-order valence-corrected chi connectivity index (χ1v) is 7.13. The lowest BCUT2D eigenvalue weighted by atomic mass is 10.2. The van der Waals surface area contributed by atoms with Crippen LogP contribution in [0.15, 0.2) is 18.3 Å². The van der Waals surface area contributed by atoms with Crippen molar-refractivity contribution in [1.29, 1.82) is 0 Å². The Kier molecular flexibility index (Phi) is 4.79. The SMILES string of the molecule is C/C=C\c1cc(N2CCCNCC2)cnc1I. The Labute approximate surface area is 116 Å². The van der Waals surface area contributed by atoms with E-state index >= 15 is 0 Å². The molecule has 0 bridgehead atoms. The molecule has 0 radical (unpaired) electrons. The normalized spacial score (nSPS) is 17.4. The molecule has 0 unspecified atom stereocenters. The largest absolute Gasteiger partial charge is 0.369 e. The Balaban J connectivity index is 2.22. The van der Waals surface area contributed by atoms with Crippen LogP contribution in [0.4, 0.5) is 5.69 Å². The van der Waals surface area contributed by atoms with Crippen LogP contribution in [-0.2, 0) is 0 Å². The van der Waals surface area contributed by atoms with E-state index in [4.69, 9.17) is 0 Å². The lowest BCUT2D eigenvalue weighted by Crippen LogP contribution is -2.28. The molecule has 0 spiro atoms. The van der Waals surface area contributed by atoms with Gasteiger partial charge in [0.2, 0.25) is 0 Å². The molecule has 1 aliphatic heterocycles. The van der Waals surface area contributed by atoms with Crippen molar-refractivity contribution in [3.05, 3.63) is 27.6 Å². The maximum atomic E-state index is 4.48. The molecule has 0 aromatic carbocycles. The fourth-order valence-electron chi connectivity index (χ4n) is 2.03. The van der Waals surface area contributed by atoms with Crippen molar-refractivity contribution in [1.82, 2.24) is 10.3 Å². The van der Waals surface area contributed by atoms with Crippen molar-refractivity contribution < 1.29 is 0 Å². The van der Waals surface area contributed by atoms with Crippen molar-refractivity contribution in [2.24, 2.45) is 0 Å². The summed E-state index contributed by atoms with van der Waals surface area (Å²) < 4.78 is 1.07. The quantitative estimate of drug-likeness (QED) is 0.661. The van der Waals surface area contributed by atoms with Crippen LogP contribution in [0.25, 0.3) is 6.08 Å². The van der Waals surface area contributed by atoms with Crippen LogP contribution in [0.1, 0.15) is 18.9 Å². The summed E-state index contributed by atoms with van der Waals surface area (Å²) in [5.41, 5.74) is 2.45. The molecule has 0 atom stereocenters. The number of nitrogens with zero attached hydrogens (tertiary/aromatic N) is 2. The van der Waals surface area contributed by atoms with E-state index in [9.17, 15) is 0 Å². The van der Waals surface area contributed by atoms with Crippen LogP contribution in [0.2, 0.25) is 0 Å². The number of aromatic nitrogens is 1. The maximum Gasteiger partial charge on any atom is 0.108 e. The lowest BCUT2D eigenvalue weighted by Gasteiger charge is -2.22. The third kappa shape index (κ3) is 3.42. The summed E-state index contributed by atoms with van der Waals surface area (Å²) >= 11 is 2.29. The molecule has 3 nitrogen and oxygen atoms in total. The molecular weight excluding hydrogens is 325 g/mol. The number of anilines is 1. The Morgan fingerprint density at radius 3 is 3.12 bits per heavy atom. The third-order valence-electron chi connectivity index (χ3n) is 2.90. The first-order chi connectivity index (χ1) is 8.31. The van der Waals surface area contributed by atoms with E-state index < -0.39 is 0 Å². The first kappa shape index (κ1) is 12.8. The number of rotatable bonds is 2. The molecule has 1 aromatic rings. The predicted octanol–water partition coefficient (Wildman–Crippen LogP) is 2.52. The summed E-state index contributed by atoms with van der Waals surface area (Å²) in [6.07, 6.45) is 7.37. The average Bonchev–Trinajstić information content (AvgIpc) is 2.61. The maximum absolute atomic E-state index is 4.48. The summed E-state index contributed by atoms with van der Waals surface area (Å²) in [6.45, 7) is 6.40. The third-order valence-corrected chi connectivity index (χ3v) is 3.80. The van der Waals surface area contributed by atoms with E-state index in [-0.39, 0.29) is 0 Å². The molecule has 0 amide bonds. The van der Waals surface area contributed by atoms with Crippen LogP contribution >= 0.6 is 22.6 Å². The number of pyridine rings is 1. The van der Waals surface area contributed by atoms with Crippen LogP contribution in [0.3, 0.4) is 0 Å². The number of halogens is 1. The minimum absolute atomic E-state index is 1.06. The highest BCUT2D eigenvalue weighted by Gasteiger charge is 2.10. The fraction of sp³-hybridized carbons (Fsp3) is 0.462. The second-order valence-electron chi connectivity index (χ2n) is 4.16. The smallest absolute Gasteiger partial charge is 0.108 e. The van der Waals surface area contributed by atoms with Gasteiger partial charge in [0.05, 0.1) is 11.9 Å². The Bertz CT molecular complexity index is 396. The van der Waals surface area contributed by atoms with Gasteiger partial charge < -0.3 is 10.2 Å². The highest BCUT2D eigenvalue weighted by atomic mass is 127. The van der Waals surface area contributed by atoms with E-state index in [2.05, 4.69) is 56.0 Å². The lowest BCUT2D eigenvalue weighted by molar-refractivity contribution is 0.724. The monoisotopic (exact) mass is 343 g/mol. The zero-order valence-electron chi connectivity index (χ0n) is 10.1. The minimum Gasteiger partial charge on any atom is -0.369 e. The standard InChI is InChI=1S/C13H18IN3/c1-2-4-11-9-12(10-16-13(11)14)17-7-3-5-15-6-8-17/h2,4,9-10,15H,3,5-8H2,1H3/b4-2-. The molecule has 1 saturated heterocycles. The topological polar surface area (TPSA) is 28.2 Å². The van der Waals surface area contributed by atoms with Gasteiger partial charge in [0.15, 0.2) is 0 Å². The molecule has 0 saturated carbocycles. The van der Waals surface area contributed by atoms with Gasteiger partial charge in [-0.3, -0.25) is 0 Å². The van der Waals surface area contributed by atoms with E-state index in [1.54, 1.807) is 0 Å². The van der Waals surface area contributed by atoms with Gasteiger partial charge >= 0.3 is 0 Å². The molecule has 2 rings (SSSR count). The number of hydrogen-bond donors (Lipinski definition) is 1. The summed E-state index contributed by atoms with van der Waals surface area (Å²) in [5, 5.41) is 3.42. The fourth-order valence-corrected chi connectivity index (χ4v) is 2.50. The predicted molar refractivity (Wildman–Crippen MR) is 81.4 cm³/mol. The van der Waals surface area contributed by atoms with Gasteiger partial charge in [-0.2, -0.15) is 0 Å². The zero-order chi connectivity index (χ0) is 12.1. The summed E-state index contributed by atoms with van der Waals surface area (Å²) in [4.78, 5) is 6.89. The summed E-state index contributed by atoms with van der Waals surface area (Å²) in [5.74, 6) is 0.